The molecule has 0 aromatic carbocycles. The van der Waals surface area contributed by atoms with E-state index in [2.05, 4.69) is 28.2 Å². The Bertz CT molecular complexity index is 487. The van der Waals surface area contributed by atoms with E-state index in [1.807, 2.05) is 0 Å². The molecule has 0 aromatic rings. The van der Waals surface area contributed by atoms with Crippen molar-refractivity contribution in [1.82, 2.24) is 10.2 Å². The van der Waals surface area contributed by atoms with Crippen LogP contribution < -0.4 is 5.32 Å². The van der Waals surface area contributed by atoms with Crippen molar-refractivity contribution in [2.45, 2.75) is 81.3 Å². The number of unbranched alkanes of at least 4 members (excludes halogenated alkanes) is 5. The summed E-state index contributed by atoms with van der Waals surface area (Å²) in [6.45, 7) is 2.32. The molecular formula is C17H27BrF2N2O3. The zero-order chi connectivity index (χ0) is 18.5. The van der Waals surface area contributed by atoms with E-state index in [1.165, 1.54) is 19.3 Å². The van der Waals surface area contributed by atoms with Gasteiger partial charge in [0.25, 0.3) is 0 Å². The molecule has 0 saturated carbocycles. The molecule has 0 radical (unpaired) electrons. The van der Waals surface area contributed by atoms with E-state index in [9.17, 15) is 18.4 Å². The molecule has 0 aliphatic carbocycles. The molecule has 25 heavy (non-hydrogen) atoms. The zero-order valence-corrected chi connectivity index (χ0v) is 16.2. The van der Waals surface area contributed by atoms with Crippen molar-refractivity contribution in [3.63, 3.8) is 0 Å². The summed E-state index contributed by atoms with van der Waals surface area (Å²) in [5.74, 6) is -1.61. The predicted molar refractivity (Wildman–Crippen MR) is 93.4 cm³/mol. The van der Waals surface area contributed by atoms with Gasteiger partial charge in [-0.25, -0.2) is 0 Å². The molecule has 2 unspecified atom stereocenters. The maximum atomic E-state index is 13.3. The van der Waals surface area contributed by atoms with Crippen LogP contribution in [0.25, 0.3) is 0 Å². The lowest BCUT2D eigenvalue weighted by Crippen LogP contribution is -2.63. The molecule has 1 amide bonds. The number of nitrogens with zero attached hydrogens (tertiary/aromatic N) is 1. The molecule has 2 bridgehead atoms. The van der Waals surface area contributed by atoms with E-state index >= 15 is 0 Å². The Morgan fingerprint density at radius 2 is 1.96 bits per heavy atom. The Morgan fingerprint density at radius 3 is 2.64 bits per heavy atom. The van der Waals surface area contributed by atoms with Crippen LogP contribution >= 0.6 is 15.9 Å². The van der Waals surface area contributed by atoms with Gasteiger partial charge in [0.2, 0.25) is 0 Å². The largest absolute Gasteiger partial charge is 0.442 e. The number of esters is 1. The highest BCUT2D eigenvalue weighted by Gasteiger charge is 2.51. The number of ether oxygens (including phenoxy) is 1. The number of halogens is 3. The fraction of sp³-hybridized carbons (Fsp3) is 0.882. The van der Waals surface area contributed by atoms with Crippen molar-refractivity contribution in [2.24, 2.45) is 0 Å². The lowest BCUT2D eigenvalue weighted by molar-refractivity contribution is -0.173. The van der Waals surface area contributed by atoms with Crippen molar-refractivity contribution in [1.29, 1.82) is 0 Å². The van der Waals surface area contributed by atoms with Gasteiger partial charge in [0, 0.05) is 41.4 Å². The van der Waals surface area contributed by atoms with Crippen LogP contribution in [0.3, 0.4) is 0 Å². The zero-order valence-electron chi connectivity index (χ0n) is 14.7. The third-order valence-corrected chi connectivity index (χ3v) is 5.16. The average Bonchev–Trinajstić information content (AvgIpc) is 2.83. The lowest BCUT2D eigenvalue weighted by atomic mass is 10.1. The molecule has 2 rings (SSSR count). The number of nitrogens with one attached hydrogen (secondary N) is 1. The van der Waals surface area contributed by atoms with Gasteiger partial charge in [0.1, 0.15) is 0 Å². The Kier molecular flexibility index (Phi) is 7.19. The number of rotatable bonds is 9. The van der Waals surface area contributed by atoms with Gasteiger partial charge in [0.15, 0.2) is 5.72 Å². The fourth-order valence-electron chi connectivity index (χ4n) is 3.59. The van der Waals surface area contributed by atoms with Crippen molar-refractivity contribution in [2.75, 3.05) is 13.1 Å². The summed E-state index contributed by atoms with van der Waals surface area (Å²) in [6, 6.07) is -0.116. The number of fused-ring (bicyclic) bond motifs is 2. The smallest absolute Gasteiger partial charge is 0.377 e. The molecule has 2 saturated heterocycles. The molecule has 2 fully saturated rings. The molecule has 2 aliphatic heterocycles. The molecule has 1 N–H and O–H groups in total. The Balaban J connectivity index is 1.81. The first-order valence-electron chi connectivity index (χ1n) is 9.11. The highest BCUT2D eigenvalue weighted by molar-refractivity contribution is 9.10. The van der Waals surface area contributed by atoms with Crippen molar-refractivity contribution in [3.05, 3.63) is 0 Å². The topological polar surface area (TPSA) is 58.6 Å². The van der Waals surface area contributed by atoms with Crippen LogP contribution in [0.4, 0.5) is 8.78 Å². The van der Waals surface area contributed by atoms with Gasteiger partial charge in [-0.3, -0.25) is 14.9 Å². The quantitative estimate of drug-likeness (QED) is 0.349. The lowest BCUT2D eigenvalue weighted by Gasteiger charge is -2.41. The van der Waals surface area contributed by atoms with Crippen molar-refractivity contribution in [3.8, 4) is 0 Å². The predicted octanol–water partition coefficient (Wildman–Crippen LogP) is 3.56. The number of amides is 1. The van der Waals surface area contributed by atoms with Crippen LogP contribution in [0.15, 0.2) is 0 Å². The second-order valence-electron chi connectivity index (χ2n) is 7.05. The molecule has 2 heterocycles. The van der Waals surface area contributed by atoms with E-state index in [4.69, 9.17) is 4.74 Å². The Hall–Kier alpha value is -0.760. The van der Waals surface area contributed by atoms with Crippen molar-refractivity contribution >= 4 is 27.8 Å². The minimum atomic E-state index is -3.59. The summed E-state index contributed by atoms with van der Waals surface area (Å²) in [4.78, 5) is 21.5. The van der Waals surface area contributed by atoms with Gasteiger partial charge in [-0.15, -0.1) is 0 Å². The number of likely N-dealkylation sites (tertiary alicyclic amines) is 1. The van der Waals surface area contributed by atoms with Gasteiger partial charge < -0.3 is 9.64 Å². The first kappa shape index (κ1) is 20.6. The number of carbonyl (C=O) groups is 2. The van der Waals surface area contributed by atoms with Gasteiger partial charge in [-0.1, -0.05) is 39.0 Å². The number of carbonyl (C=O) groups excluding carboxylic acids is 2. The molecule has 144 valence electrons. The minimum Gasteiger partial charge on any atom is -0.442 e. The number of hydrogen-bond donors (Lipinski definition) is 1. The summed E-state index contributed by atoms with van der Waals surface area (Å²) in [6.07, 6.45) is 7.98. The molecule has 2 atom stereocenters. The number of piperazine rings is 1. The van der Waals surface area contributed by atoms with Crippen LogP contribution in [-0.4, -0.2) is 46.5 Å². The van der Waals surface area contributed by atoms with E-state index < -0.39 is 16.5 Å². The summed E-state index contributed by atoms with van der Waals surface area (Å²) in [5.41, 5.74) is -1.02. The fourth-order valence-corrected chi connectivity index (χ4v) is 3.84. The highest BCUT2D eigenvalue weighted by atomic mass is 79.9. The van der Waals surface area contributed by atoms with Crippen LogP contribution in [-0.2, 0) is 14.3 Å². The maximum Gasteiger partial charge on any atom is 0.377 e. The van der Waals surface area contributed by atoms with Crippen molar-refractivity contribution < 1.29 is 23.1 Å². The van der Waals surface area contributed by atoms with Crippen LogP contribution in [0.2, 0.25) is 0 Å². The molecular weight excluding hydrogens is 398 g/mol. The summed E-state index contributed by atoms with van der Waals surface area (Å²) < 4.78 is 32.1. The SMILES string of the molecule is CCCCCCCCC(=O)OC12CCC(CN(C(=O)C(F)(F)Br)C1)N2. The van der Waals surface area contributed by atoms with E-state index in [1.54, 1.807) is 0 Å². The molecule has 8 heteroatoms. The van der Waals surface area contributed by atoms with E-state index in [0.29, 0.717) is 19.3 Å². The van der Waals surface area contributed by atoms with Gasteiger partial charge in [0.05, 0.1) is 6.54 Å². The summed E-state index contributed by atoms with van der Waals surface area (Å²) in [5, 5.41) is 3.19. The Labute approximate surface area is 156 Å². The first-order valence-corrected chi connectivity index (χ1v) is 9.91. The Morgan fingerprint density at radius 1 is 1.28 bits per heavy atom. The van der Waals surface area contributed by atoms with E-state index in [-0.39, 0.29) is 25.1 Å². The summed E-state index contributed by atoms with van der Waals surface area (Å²) >= 11 is 2.12. The number of hydrogen-bond acceptors (Lipinski definition) is 4. The van der Waals surface area contributed by atoms with Gasteiger partial charge in [-0.2, -0.15) is 8.78 Å². The second-order valence-corrected chi connectivity index (χ2v) is 8.05. The number of alkyl halides is 3. The maximum absolute atomic E-state index is 13.3. The van der Waals surface area contributed by atoms with Gasteiger partial charge >= 0.3 is 16.7 Å². The molecule has 5 nitrogen and oxygen atoms in total. The van der Waals surface area contributed by atoms with Crippen LogP contribution in [0, 0.1) is 0 Å². The van der Waals surface area contributed by atoms with Crippen LogP contribution in [0.1, 0.15) is 64.7 Å². The average molecular weight is 425 g/mol. The third-order valence-electron chi connectivity index (χ3n) is 4.82. The third kappa shape index (κ3) is 5.88. The summed E-state index contributed by atoms with van der Waals surface area (Å²) in [7, 11) is 0. The second kappa shape index (κ2) is 8.75. The first-order chi connectivity index (χ1) is 11.8. The molecule has 0 spiro atoms. The van der Waals surface area contributed by atoms with E-state index in [0.717, 1.165) is 24.2 Å². The normalized spacial score (nSPS) is 25.9. The highest BCUT2D eigenvalue weighted by Crippen LogP contribution is 2.34. The van der Waals surface area contributed by atoms with Crippen LogP contribution in [0.5, 0.6) is 0 Å². The minimum absolute atomic E-state index is 0.0359. The monoisotopic (exact) mass is 424 g/mol. The molecule has 2 aliphatic rings. The van der Waals surface area contributed by atoms with Gasteiger partial charge in [-0.05, 0) is 12.8 Å². The standard InChI is InChI=1S/C17H27BrF2N2O3/c1-2-3-4-5-6-7-8-14(23)25-16-10-9-13(21-16)11-22(12-16)15(24)17(18,19)20/h13,21H,2-12H2,1H3. The molecule has 0 aromatic heterocycles.